The van der Waals surface area contributed by atoms with Crippen molar-refractivity contribution in [2.24, 2.45) is 0 Å². The summed E-state index contributed by atoms with van der Waals surface area (Å²) in [4.78, 5) is 11.6. The van der Waals surface area contributed by atoms with Gasteiger partial charge in [-0.15, -0.1) is 0 Å². The highest BCUT2D eigenvalue weighted by molar-refractivity contribution is 5.76. The van der Waals surface area contributed by atoms with E-state index in [0.29, 0.717) is 38.3 Å². The molecule has 0 bridgehead atoms. The first kappa shape index (κ1) is 14.9. The standard InChI is InChI=1S/C14H17F2NO3/c15-12-3-1-10(7-13(12)16)2-4-14(18)17-8-11-9-19-5-6-20-11/h1,3,7,11H,2,4-6,8-9H2,(H,17,18). The number of hydrogen-bond acceptors (Lipinski definition) is 3. The maximum absolute atomic E-state index is 13.0. The first-order valence-corrected chi connectivity index (χ1v) is 6.55. The summed E-state index contributed by atoms with van der Waals surface area (Å²) in [5.74, 6) is -1.92. The van der Waals surface area contributed by atoms with Gasteiger partial charge in [-0.25, -0.2) is 8.78 Å². The second kappa shape index (κ2) is 7.31. The first-order chi connectivity index (χ1) is 9.65. The smallest absolute Gasteiger partial charge is 0.220 e. The highest BCUT2D eigenvalue weighted by Gasteiger charge is 2.15. The van der Waals surface area contributed by atoms with Crippen LogP contribution in [0.5, 0.6) is 0 Å². The van der Waals surface area contributed by atoms with Crippen molar-refractivity contribution in [1.82, 2.24) is 5.32 Å². The van der Waals surface area contributed by atoms with Gasteiger partial charge in [0.05, 0.1) is 25.9 Å². The number of halogens is 2. The Kier molecular flexibility index (Phi) is 5.43. The van der Waals surface area contributed by atoms with Crippen LogP contribution in [-0.4, -0.2) is 38.4 Å². The molecule has 1 fully saturated rings. The summed E-state index contributed by atoms with van der Waals surface area (Å²) in [6.45, 7) is 2.00. The normalized spacial score (nSPS) is 18.8. The lowest BCUT2D eigenvalue weighted by Gasteiger charge is -2.23. The molecule has 1 amide bonds. The Morgan fingerprint density at radius 3 is 2.85 bits per heavy atom. The number of nitrogens with one attached hydrogen (secondary N) is 1. The predicted octanol–water partition coefficient (Wildman–Crippen LogP) is 1.43. The van der Waals surface area contributed by atoms with Crippen molar-refractivity contribution >= 4 is 5.91 Å². The topological polar surface area (TPSA) is 47.6 Å². The molecule has 1 aliphatic rings. The molecule has 1 N–H and O–H groups in total. The third-order valence-electron chi connectivity index (χ3n) is 3.04. The number of carbonyl (C=O) groups excluding carboxylic acids is 1. The molecule has 1 aromatic carbocycles. The van der Waals surface area contributed by atoms with E-state index in [1.165, 1.54) is 6.07 Å². The number of benzene rings is 1. The number of amides is 1. The molecule has 6 heteroatoms. The van der Waals surface area contributed by atoms with Gasteiger partial charge in [-0.1, -0.05) is 6.07 Å². The summed E-state index contributed by atoms with van der Waals surface area (Å²) in [7, 11) is 0. The minimum atomic E-state index is -0.893. The third kappa shape index (κ3) is 4.54. The highest BCUT2D eigenvalue weighted by atomic mass is 19.2. The summed E-state index contributed by atoms with van der Waals surface area (Å²) in [6, 6.07) is 3.65. The van der Waals surface area contributed by atoms with Crippen LogP contribution in [0.25, 0.3) is 0 Å². The average Bonchev–Trinajstić information content (AvgIpc) is 2.47. The molecule has 20 heavy (non-hydrogen) atoms. The second-order valence-corrected chi connectivity index (χ2v) is 4.62. The van der Waals surface area contributed by atoms with Gasteiger partial charge in [-0.05, 0) is 24.1 Å². The van der Waals surface area contributed by atoms with Crippen LogP contribution in [-0.2, 0) is 20.7 Å². The van der Waals surface area contributed by atoms with E-state index in [4.69, 9.17) is 9.47 Å². The SMILES string of the molecule is O=C(CCc1ccc(F)c(F)c1)NCC1COCCO1. The number of rotatable bonds is 5. The van der Waals surface area contributed by atoms with Gasteiger partial charge >= 0.3 is 0 Å². The van der Waals surface area contributed by atoms with Crippen LogP contribution in [0.2, 0.25) is 0 Å². The van der Waals surface area contributed by atoms with E-state index in [2.05, 4.69) is 5.32 Å². The van der Waals surface area contributed by atoms with E-state index < -0.39 is 11.6 Å². The molecule has 110 valence electrons. The van der Waals surface area contributed by atoms with Gasteiger partial charge in [0, 0.05) is 13.0 Å². The zero-order valence-corrected chi connectivity index (χ0v) is 11.0. The largest absolute Gasteiger partial charge is 0.376 e. The number of aryl methyl sites for hydroxylation is 1. The van der Waals surface area contributed by atoms with Gasteiger partial charge in [0.25, 0.3) is 0 Å². The molecular weight excluding hydrogens is 268 g/mol. The molecule has 1 unspecified atom stereocenters. The lowest BCUT2D eigenvalue weighted by molar-refractivity contribution is -0.123. The van der Waals surface area contributed by atoms with Crippen molar-refractivity contribution in [1.29, 1.82) is 0 Å². The quantitative estimate of drug-likeness (QED) is 0.890. The van der Waals surface area contributed by atoms with E-state index in [1.807, 2.05) is 0 Å². The summed E-state index contributed by atoms with van der Waals surface area (Å²) >= 11 is 0. The fourth-order valence-corrected chi connectivity index (χ4v) is 1.92. The van der Waals surface area contributed by atoms with Gasteiger partial charge < -0.3 is 14.8 Å². The van der Waals surface area contributed by atoms with Crippen molar-refractivity contribution < 1.29 is 23.0 Å². The fraction of sp³-hybridized carbons (Fsp3) is 0.500. The predicted molar refractivity (Wildman–Crippen MR) is 68.2 cm³/mol. The molecule has 0 aromatic heterocycles. The minimum Gasteiger partial charge on any atom is -0.376 e. The van der Waals surface area contributed by atoms with Gasteiger partial charge in [0.2, 0.25) is 5.91 Å². The molecule has 0 radical (unpaired) electrons. The zero-order chi connectivity index (χ0) is 14.4. The molecular formula is C14H17F2NO3. The van der Waals surface area contributed by atoms with Gasteiger partial charge in [0.1, 0.15) is 0 Å². The van der Waals surface area contributed by atoms with Crippen LogP contribution in [0.15, 0.2) is 18.2 Å². The van der Waals surface area contributed by atoms with E-state index >= 15 is 0 Å². The van der Waals surface area contributed by atoms with Crippen molar-refractivity contribution in [3.8, 4) is 0 Å². The van der Waals surface area contributed by atoms with Crippen LogP contribution < -0.4 is 5.32 Å². The molecule has 1 atom stereocenters. The molecule has 1 heterocycles. The van der Waals surface area contributed by atoms with Crippen molar-refractivity contribution in [3.05, 3.63) is 35.4 Å². The minimum absolute atomic E-state index is 0.115. The molecule has 1 saturated heterocycles. The number of ether oxygens (including phenoxy) is 2. The van der Waals surface area contributed by atoms with Crippen LogP contribution in [0.1, 0.15) is 12.0 Å². The van der Waals surface area contributed by atoms with Crippen LogP contribution in [0, 0.1) is 11.6 Å². The van der Waals surface area contributed by atoms with Crippen molar-refractivity contribution in [2.75, 3.05) is 26.4 Å². The summed E-state index contributed by atoms with van der Waals surface area (Å²) < 4.78 is 36.3. The van der Waals surface area contributed by atoms with E-state index in [1.54, 1.807) is 0 Å². The van der Waals surface area contributed by atoms with Crippen molar-refractivity contribution in [3.63, 3.8) is 0 Å². The van der Waals surface area contributed by atoms with E-state index in [9.17, 15) is 13.6 Å². The molecule has 4 nitrogen and oxygen atoms in total. The maximum atomic E-state index is 13.0. The monoisotopic (exact) mass is 285 g/mol. The summed E-state index contributed by atoms with van der Waals surface area (Å²) in [6.07, 6.45) is 0.472. The van der Waals surface area contributed by atoms with Crippen LogP contribution >= 0.6 is 0 Å². The summed E-state index contributed by atoms with van der Waals surface area (Å²) in [5.41, 5.74) is 0.594. The molecule has 0 saturated carbocycles. The highest BCUT2D eigenvalue weighted by Crippen LogP contribution is 2.10. The maximum Gasteiger partial charge on any atom is 0.220 e. The molecule has 0 spiro atoms. The molecule has 1 aromatic rings. The Hall–Kier alpha value is -1.53. The van der Waals surface area contributed by atoms with Crippen LogP contribution in [0.4, 0.5) is 8.78 Å². The molecule has 1 aliphatic heterocycles. The van der Waals surface area contributed by atoms with Gasteiger partial charge in [-0.2, -0.15) is 0 Å². The van der Waals surface area contributed by atoms with E-state index in [-0.39, 0.29) is 18.4 Å². The van der Waals surface area contributed by atoms with Gasteiger partial charge in [-0.3, -0.25) is 4.79 Å². The van der Waals surface area contributed by atoms with Crippen LogP contribution in [0.3, 0.4) is 0 Å². The fourth-order valence-electron chi connectivity index (χ4n) is 1.92. The van der Waals surface area contributed by atoms with Gasteiger partial charge in [0.15, 0.2) is 11.6 Å². The Morgan fingerprint density at radius 1 is 1.30 bits per heavy atom. The second-order valence-electron chi connectivity index (χ2n) is 4.62. The lowest BCUT2D eigenvalue weighted by atomic mass is 10.1. The summed E-state index contributed by atoms with van der Waals surface area (Å²) in [5, 5.41) is 2.74. The number of hydrogen-bond donors (Lipinski definition) is 1. The Balaban J connectivity index is 1.70. The molecule has 2 rings (SSSR count). The first-order valence-electron chi connectivity index (χ1n) is 6.55. The zero-order valence-electron chi connectivity index (χ0n) is 11.0. The average molecular weight is 285 g/mol. The number of carbonyl (C=O) groups is 1. The molecule has 0 aliphatic carbocycles. The Bertz CT molecular complexity index is 462. The third-order valence-corrected chi connectivity index (χ3v) is 3.04. The van der Waals surface area contributed by atoms with E-state index in [0.717, 1.165) is 12.1 Å². The van der Waals surface area contributed by atoms with Crippen molar-refractivity contribution in [2.45, 2.75) is 18.9 Å². The lowest BCUT2D eigenvalue weighted by Crippen LogP contribution is -2.39. The Labute approximate surface area is 116 Å². The Morgan fingerprint density at radius 2 is 2.15 bits per heavy atom.